The Bertz CT molecular complexity index is 1230. The number of rotatable bonds is 15. The number of hydrogen-bond acceptors (Lipinski definition) is 18. The average Bonchev–Trinajstić information content (AvgIpc) is 2.95. The van der Waals surface area contributed by atoms with E-state index in [0.29, 0.717) is 6.04 Å². The molecule has 0 saturated carbocycles. The maximum atomic E-state index is 12.5. The van der Waals surface area contributed by atoms with Gasteiger partial charge in [0.15, 0.2) is 43.1 Å². The Morgan fingerprint density at radius 1 is 0.480 bits per heavy atom. The molecule has 0 unspecified atom stereocenters. The van der Waals surface area contributed by atoms with Crippen LogP contribution >= 0.6 is 0 Å². The Labute approximate surface area is 290 Å². The summed E-state index contributed by atoms with van der Waals surface area (Å²) in [6.07, 6.45) is -15.0. The molecule has 284 valence electrons. The molecule has 19 heteroatoms. The molecule has 0 radical (unpaired) electrons. The predicted molar refractivity (Wildman–Crippen MR) is 167 cm³/mol. The first-order valence-electron chi connectivity index (χ1n) is 15.9. The van der Waals surface area contributed by atoms with Crippen molar-refractivity contribution in [3.05, 3.63) is 0 Å². The number of hydrogen-bond donors (Lipinski definition) is 0. The van der Waals surface area contributed by atoms with Crippen LogP contribution in [-0.4, -0.2) is 131 Å². The van der Waals surface area contributed by atoms with E-state index < -0.39 is 124 Å². The molecule has 2 heterocycles. The van der Waals surface area contributed by atoms with Gasteiger partial charge in [0.1, 0.15) is 31.5 Å². The normalized spacial score (nSPS) is 29.5. The third-order valence-corrected chi connectivity index (χ3v) is 8.72. The lowest BCUT2D eigenvalue weighted by Gasteiger charge is -2.48. The summed E-state index contributed by atoms with van der Waals surface area (Å²) in [6, 6.07) is 0.678. The summed E-state index contributed by atoms with van der Waals surface area (Å²) < 4.78 is 62.4. The van der Waals surface area contributed by atoms with Gasteiger partial charge in [0, 0.05) is 63.1 Å². The van der Waals surface area contributed by atoms with Crippen LogP contribution in [0.5, 0.6) is 0 Å². The summed E-state index contributed by atoms with van der Waals surface area (Å²) in [5, 5.41) is 0. The minimum Gasteiger partial charge on any atom is -0.463 e. The molecule has 2 saturated heterocycles. The van der Waals surface area contributed by atoms with Gasteiger partial charge in [0.25, 0.3) is 0 Å². The van der Waals surface area contributed by atoms with Crippen LogP contribution in [0.4, 0.5) is 0 Å². The van der Waals surface area contributed by atoms with Crippen molar-refractivity contribution in [2.75, 3.05) is 19.8 Å². The monoisotopic (exact) mass is 736 g/mol. The van der Waals surface area contributed by atoms with Crippen LogP contribution in [0.3, 0.4) is 0 Å². The van der Waals surface area contributed by atoms with Crippen LogP contribution in [0.2, 0.25) is 25.7 Å². The quantitative estimate of drug-likeness (QED) is 0.130. The first-order valence-corrected chi connectivity index (χ1v) is 19.6. The van der Waals surface area contributed by atoms with E-state index >= 15 is 0 Å². The maximum absolute atomic E-state index is 12.5. The fourth-order valence-electron chi connectivity index (χ4n) is 5.09. The van der Waals surface area contributed by atoms with E-state index in [1.54, 1.807) is 0 Å². The lowest BCUT2D eigenvalue weighted by molar-refractivity contribution is -0.360. The molecule has 0 bridgehead atoms. The topological polar surface area (TPSA) is 221 Å². The molecule has 0 N–H and O–H groups in total. The summed E-state index contributed by atoms with van der Waals surface area (Å²) in [5.74, 6) is -5.69. The SMILES string of the molecule is CC(=O)OC[C@H]1O[C@@H](O[C@H]2[C@H](OC(C)=O)[C@@H](OC(C)=O)[C@H](OCC[Si](C)(C)C)O[C@@H]2COC(C)=O)[C@H](OC(C)=O)[C@@H](OC(C)=O)[C@H]1OC(C)=O. The van der Waals surface area contributed by atoms with Gasteiger partial charge in [-0.05, 0) is 6.04 Å². The van der Waals surface area contributed by atoms with Crippen molar-refractivity contribution in [3.8, 4) is 0 Å². The van der Waals surface area contributed by atoms with Crippen molar-refractivity contribution in [1.29, 1.82) is 0 Å². The molecule has 0 amide bonds. The van der Waals surface area contributed by atoms with E-state index in [2.05, 4.69) is 19.6 Å². The van der Waals surface area contributed by atoms with Gasteiger partial charge in [0.2, 0.25) is 0 Å². The fraction of sp³-hybridized carbons (Fsp3) is 0.774. The van der Waals surface area contributed by atoms with Gasteiger partial charge in [-0.25, -0.2) is 0 Å². The van der Waals surface area contributed by atoms with E-state index in [-0.39, 0.29) is 6.61 Å². The second kappa shape index (κ2) is 19.1. The second-order valence-electron chi connectivity index (χ2n) is 12.8. The lowest BCUT2D eigenvalue weighted by Crippen LogP contribution is -2.67. The minimum atomic E-state index is -1.76. The van der Waals surface area contributed by atoms with Crippen molar-refractivity contribution in [2.45, 2.75) is 136 Å². The molecule has 0 aromatic rings. The largest absolute Gasteiger partial charge is 0.463 e. The zero-order valence-corrected chi connectivity index (χ0v) is 31.0. The Balaban J connectivity index is 2.71. The van der Waals surface area contributed by atoms with Crippen LogP contribution in [0.25, 0.3) is 0 Å². The number of carbonyl (C=O) groups is 7. The van der Waals surface area contributed by atoms with Gasteiger partial charge in [-0.3, -0.25) is 33.6 Å². The zero-order chi connectivity index (χ0) is 37.9. The van der Waals surface area contributed by atoms with Crippen LogP contribution in [0.15, 0.2) is 0 Å². The Morgan fingerprint density at radius 3 is 1.26 bits per heavy atom. The molecule has 0 aromatic heterocycles. The van der Waals surface area contributed by atoms with Crippen molar-refractivity contribution < 1.29 is 85.7 Å². The summed E-state index contributed by atoms with van der Waals surface area (Å²) in [6.45, 7) is 13.1. The van der Waals surface area contributed by atoms with Gasteiger partial charge >= 0.3 is 41.8 Å². The van der Waals surface area contributed by atoms with E-state index in [1.165, 1.54) is 0 Å². The molecule has 2 aliphatic rings. The number of esters is 7. The predicted octanol–water partition coefficient (Wildman–Crippen LogP) is 0.961. The van der Waals surface area contributed by atoms with Gasteiger partial charge in [-0.2, -0.15) is 0 Å². The van der Waals surface area contributed by atoms with Crippen molar-refractivity contribution in [1.82, 2.24) is 0 Å². The highest BCUT2D eigenvalue weighted by molar-refractivity contribution is 6.76. The molecule has 2 rings (SSSR count). The first-order chi connectivity index (χ1) is 23.2. The molecular formula is C31H48O18Si. The molecule has 2 aliphatic heterocycles. The van der Waals surface area contributed by atoms with Gasteiger partial charge < -0.3 is 52.1 Å². The molecule has 0 aromatic carbocycles. The van der Waals surface area contributed by atoms with Crippen LogP contribution in [0, 0.1) is 0 Å². The van der Waals surface area contributed by atoms with Gasteiger partial charge in [0.05, 0.1) is 0 Å². The van der Waals surface area contributed by atoms with Crippen molar-refractivity contribution in [2.24, 2.45) is 0 Å². The molecule has 50 heavy (non-hydrogen) atoms. The molecular weight excluding hydrogens is 688 g/mol. The third-order valence-electron chi connectivity index (χ3n) is 7.02. The van der Waals surface area contributed by atoms with Crippen molar-refractivity contribution in [3.63, 3.8) is 0 Å². The molecule has 0 aliphatic carbocycles. The average molecular weight is 737 g/mol. The molecule has 18 nitrogen and oxygen atoms in total. The van der Waals surface area contributed by atoms with Crippen LogP contribution < -0.4 is 0 Å². The highest BCUT2D eigenvalue weighted by Gasteiger charge is 2.57. The van der Waals surface area contributed by atoms with Crippen molar-refractivity contribution >= 4 is 49.9 Å². The fourth-order valence-corrected chi connectivity index (χ4v) is 5.82. The standard InChI is InChI=1S/C31H48O18Si/c1-15(32)40-13-22-24(42-17(3)34)26(43-18(4)35)29(46-21(7)38)31(48-22)49-25-23(14-41-16(2)33)47-30(39-11-12-50(8,9)10)28(45-20(6)37)27(25)44-19(5)36/h22-31H,11-14H2,1-10H3/t22-,23-,24+,25-,26+,27+,28-,29-,30-,31+/m1/s1. The number of ether oxygens (including phenoxy) is 11. The summed E-state index contributed by atoms with van der Waals surface area (Å²) in [7, 11) is -1.63. The smallest absolute Gasteiger partial charge is 0.303 e. The molecule has 0 spiro atoms. The Hall–Kier alpha value is -3.65. The van der Waals surface area contributed by atoms with E-state index in [0.717, 1.165) is 48.5 Å². The zero-order valence-electron chi connectivity index (χ0n) is 30.0. The van der Waals surface area contributed by atoms with E-state index in [1.807, 2.05) is 0 Å². The first kappa shape index (κ1) is 42.5. The summed E-state index contributed by atoms with van der Waals surface area (Å²) >= 11 is 0. The third kappa shape index (κ3) is 13.9. The minimum absolute atomic E-state index is 0.177. The van der Waals surface area contributed by atoms with Gasteiger partial charge in [-0.1, -0.05) is 19.6 Å². The Kier molecular flexibility index (Phi) is 16.2. The highest BCUT2D eigenvalue weighted by atomic mass is 28.3. The molecule has 10 atom stereocenters. The van der Waals surface area contributed by atoms with E-state index in [4.69, 9.17) is 52.1 Å². The lowest BCUT2D eigenvalue weighted by atomic mass is 9.96. The highest BCUT2D eigenvalue weighted by Crippen LogP contribution is 2.35. The summed E-state index contributed by atoms with van der Waals surface area (Å²) in [5.41, 5.74) is 0. The number of carbonyl (C=O) groups excluding carboxylic acids is 7. The molecule has 2 fully saturated rings. The second-order valence-corrected chi connectivity index (χ2v) is 18.5. The maximum Gasteiger partial charge on any atom is 0.303 e. The Morgan fingerprint density at radius 2 is 0.840 bits per heavy atom. The summed E-state index contributed by atoms with van der Waals surface area (Å²) in [4.78, 5) is 85.3. The van der Waals surface area contributed by atoms with Crippen LogP contribution in [0.1, 0.15) is 48.5 Å². The van der Waals surface area contributed by atoms with E-state index in [9.17, 15) is 33.6 Å². The van der Waals surface area contributed by atoms with Gasteiger partial charge in [-0.15, -0.1) is 0 Å². The van der Waals surface area contributed by atoms with Crippen LogP contribution in [-0.2, 0) is 85.7 Å².